The molecular weight excluding hydrogens is 492 g/mol. The monoisotopic (exact) mass is 534 g/mol. The molecule has 1 aromatic carbocycles. The van der Waals surface area contributed by atoms with Crippen LogP contribution in [-0.4, -0.2) is 66.5 Å². The molecule has 0 aromatic heterocycles. The van der Waals surface area contributed by atoms with Crippen LogP contribution in [-0.2, 0) is 28.7 Å². The van der Waals surface area contributed by atoms with Crippen molar-refractivity contribution in [3.8, 4) is 0 Å². The number of primary amides is 1. The second kappa shape index (κ2) is 15.6. The van der Waals surface area contributed by atoms with Gasteiger partial charge in [0.2, 0.25) is 17.7 Å². The first-order chi connectivity index (χ1) is 17.8. The fraction of sp³-hybridized carbons (Fsp3) is 0.593. The molecule has 4 N–H and O–H groups in total. The lowest BCUT2D eigenvalue weighted by Crippen LogP contribution is -2.53. The zero-order valence-corrected chi connectivity index (χ0v) is 23.3. The maximum atomic E-state index is 14.0. The molecule has 4 amide bonds. The maximum Gasteiger partial charge on any atom is 0.408 e. The van der Waals surface area contributed by atoms with Crippen molar-refractivity contribution in [2.24, 2.45) is 5.73 Å². The molecule has 0 aliphatic carbocycles. The first-order valence-electron chi connectivity index (χ1n) is 12.8. The van der Waals surface area contributed by atoms with E-state index in [-0.39, 0.29) is 25.9 Å². The first kappa shape index (κ1) is 32.4. The Bertz CT molecular complexity index is 974. The number of amides is 4. The third kappa shape index (κ3) is 11.2. The summed E-state index contributed by atoms with van der Waals surface area (Å²) in [5, 5.41) is 5.11. The number of nitrogens with two attached hydrogens (primary N) is 1. The number of methoxy groups -OCH3 is 1. The van der Waals surface area contributed by atoms with Crippen molar-refractivity contribution in [1.29, 1.82) is 0 Å². The number of hydrogen-bond donors (Lipinski definition) is 3. The van der Waals surface area contributed by atoms with Crippen molar-refractivity contribution in [1.82, 2.24) is 15.5 Å². The van der Waals surface area contributed by atoms with Crippen LogP contribution in [0.2, 0.25) is 0 Å². The molecule has 2 atom stereocenters. The van der Waals surface area contributed by atoms with E-state index >= 15 is 0 Å². The lowest BCUT2D eigenvalue weighted by Gasteiger charge is -2.35. The molecule has 0 aliphatic heterocycles. The van der Waals surface area contributed by atoms with Gasteiger partial charge in [0, 0.05) is 13.0 Å². The number of hydrogen-bond acceptors (Lipinski definition) is 7. The standard InChI is InChI=1S/C27H42N4O7/c1-7-8-11-16-31(25(35)20(14-15-21(28)32)30-26(36)38-27(3,4)5)23(19-13-10-9-12-18(19)2)24(34)29-17-22(33)37-6/h9-10,12-13,20,23H,7-8,11,14-17H2,1-6H3,(H2,28,32)(H,29,34)(H,30,36). The second-order valence-electron chi connectivity index (χ2n) is 10.00. The molecule has 11 heteroatoms. The summed E-state index contributed by atoms with van der Waals surface area (Å²) in [6, 6.07) is 4.82. The van der Waals surface area contributed by atoms with Crippen molar-refractivity contribution in [2.75, 3.05) is 20.2 Å². The summed E-state index contributed by atoms with van der Waals surface area (Å²) in [7, 11) is 1.21. The van der Waals surface area contributed by atoms with E-state index in [0.29, 0.717) is 12.0 Å². The number of carbonyl (C=O) groups is 5. The summed E-state index contributed by atoms with van der Waals surface area (Å²) in [4.78, 5) is 64.8. The summed E-state index contributed by atoms with van der Waals surface area (Å²) in [5.41, 5.74) is 5.83. The number of unbranched alkanes of at least 4 members (excludes halogenated alkanes) is 2. The number of ether oxygens (including phenoxy) is 2. The highest BCUT2D eigenvalue weighted by Gasteiger charge is 2.36. The van der Waals surface area contributed by atoms with Gasteiger partial charge < -0.3 is 30.7 Å². The summed E-state index contributed by atoms with van der Waals surface area (Å²) >= 11 is 0. The first-order valence-corrected chi connectivity index (χ1v) is 12.8. The number of alkyl carbamates (subject to hydrolysis) is 1. The molecule has 0 saturated heterocycles. The Hall–Kier alpha value is -3.63. The summed E-state index contributed by atoms with van der Waals surface area (Å²) in [5.74, 6) is -2.44. The molecule has 212 valence electrons. The van der Waals surface area contributed by atoms with E-state index in [1.165, 1.54) is 12.0 Å². The summed E-state index contributed by atoms with van der Waals surface area (Å²) in [6.07, 6.45) is 1.16. The van der Waals surface area contributed by atoms with Crippen molar-refractivity contribution in [2.45, 2.75) is 84.4 Å². The smallest absolute Gasteiger partial charge is 0.408 e. The number of esters is 1. The predicted octanol–water partition coefficient (Wildman–Crippen LogP) is 2.50. The Morgan fingerprint density at radius 2 is 1.74 bits per heavy atom. The van der Waals surface area contributed by atoms with Gasteiger partial charge in [-0.25, -0.2) is 4.79 Å². The number of carbonyl (C=O) groups excluding carboxylic acids is 5. The van der Waals surface area contributed by atoms with Gasteiger partial charge in [-0.15, -0.1) is 0 Å². The number of rotatable bonds is 14. The van der Waals surface area contributed by atoms with Crippen LogP contribution in [0.3, 0.4) is 0 Å². The molecule has 0 bridgehead atoms. The molecular formula is C27H42N4O7. The van der Waals surface area contributed by atoms with Crippen LogP contribution in [0.5, 0.6) is 0 Å². The molecule has 0 fully saturated rings. The molecule has 0 radical (unpaired) electrons. The molecule has 0 aliphatic rings. The Morgan fingerprint density at radius 3 is 2.29 bits per heavy atom. The SMILES string of the molecule is CCCCCN(C(=O)C(CCC(N)=O)NC(=O)OC(C)(C)C)C(C(=O)NCC(=O)OC)c1ccccc1C. The van der Waals surface area contributed by atoms with Gasteiger partial charge in [-0.05, 0) is 51.7 Å². The van der Waals surface area contributed by atoms with Gasteiger partial charge in [-0.3, -0.25) is 19.2 Å². The minimum atomic E-state index is -1.18. The lowest BCUT2D eigenvalue weighted by molar-refractivity contribution is -0.145. The lowest BCUT2D eigenvalue weighted by atomic mass is 9.97. The average molecular weight is 535 g/mol. The number of benzene rings is 1. The van der Waals surface area contributed by atoms with E-state index in [2.05, 4.69) is 15.4 Å². The number of nitrogens with one attached hydrogen (secondary N) is 2. The van der Waals surface area contributed by atoms with E-state index in [1.54, 1.807) is 32.9 Å². The molecule has 2 unspecified atom stereocenters. The summed E-state index contributed by atoms with van der Waals surface area (Å²) < 4.78 is 9.96. The van der Waals surface area contributed by atoms with Crippen molar-refractivity contribution >= 4 is 29.8 Å². The topological polar surface area (TPSA) is 157 Å². The van der Waals surface area contributed by atoms with Crippen LogP contribution >= 0.6 is 0 Å². The Kier molecular flexibility index (Phi) is 13.3. The number of nitrogens with zero attached hydrogens (tertiary/aromatic N) is 1. The van der Waals surface area contributed by atoms with Gasteiger partial charge >= 0.3 is 12.1 Å². The van der Waals surface area contributed by atoms with Crippen LogP contribution in [0.4, 0.5) is 4.79 Å². The van der Waals surface area contributed by atoms with Gasteiger partial charge in [0.05, 0.1) is 7.11 Å². The van der Waals surface area contributed by atoms with Gasteiger partial charge in [0.1, 0.15) is 24.2 Å². The van der Waals surface area contributed by atoms with Gasteiger partial charge in [0.15, 0.2) is 0 Å². The molecule has 0 spiro atoms. The van der Waals surface area contributed by atoms with Crippen molar-refractivity contribution in [3.05, 3.63) is 35.4 Å². The molecule has 11 nitrogen and oxygen atoms in total. The highest BCUT2D eigenvalue weighted by molar-refractivity contribution is 5.93. The van der Waals surface area contributed by atoms with Crippen LogP contribution in [0.1, 0.15) is 77.0 Å². The fourth-order valence-electron chi connectivity index (χ4n) is 3.77. The molecule has 1 rings (SSSR count). The largest absolute Gasteiger partial charge is 0.468 e. The van der Waals surface area contributed by atoms with Crippen LogP contribution in [0, 0.1) is 6.92 Å². The molecule has 38 heavy (non-hydrogen) atoms. The number of aryl methyl sites for hydroxylation is 1. The van der Waals surface area contributed by atoms with Crippen LogP contribution in [0.25, 0.3) is 0 Å². The molecule has 0 saturated carbocycles. The highest BCUT2D eigenvalue weighted by Crippen LogP contribution is 2.26. The van der Waals surface area contributed by atoms with Crippen molar-refractivity contribution in [3.63, 3.8) is 0 Å². The third-order valence-corrected chi connectivity index (χ3v) is 5.63. The quantitative estimate of drug-likeness (QED) is 0.244. The van der Waals surface area contributed by atoms with E-state index in [4.69, 9.17) is 10.5 Å². The van der Waals surface area contributed by atoms with Gasteiger partial charge in [0.25, 0.3) is 0 Å². The Balaban J connectivity index is 3.51. The molecule has 0 heterocycles. The van der Waals surface area contributed by atoms with Crippen LogP contribution in [0.15, 0.2) is 24.3 Å². The minimum Gasteiger partial charge on any atom is -0.468 e. The average Bonchev–Trinajstić information content (AvgIpc) is 2.83. The third-order valence-electron chi connectivity index (χ3n) is 5.63. The van der Waals surface area contributed by atoms with Crippen LogP contribution < -0.4 is 16.4 Å². The maximum absolute atomic E-state index is 14.0. The highest BCUT2D eigenvalue weighted by atomic mass is 16.6. The van der Waals surface area contributed by atoms with Gasteiger partial charge in [-0.2, -0.15) is 0 Å². The van der Waals surface area contributed by atoms with E-state index in [9.17, 15) is 24.0 Å². The van der Waals surface area contributed by atoms with Crippen molar-refractivity contribution < 1.29 is 33.4 Å². The second-order valence-corrected chi connectivity index (χ2v) is 10.00. The van der Waals surface area contributed by atoms with Gasteiger partial charge in [-0.1, -0.05) is 44.0 Å². The Labute approximate surface area is 224 Å². The van der Waals surface area contributed by atoms with E-state index in [0.717, 1.165) is 18.4 Å². The van der Waals surface area contributed by atoms with E-state index in [1.807, 2.05) is 26.0 Å². The van der Waals surface area contributed by atoms with E-state index < -0.39 is 47.5 Å². The normalized spacial score (nSPS) is 12.6. The zero-order chi connectivity index (χ0) is 28.9. The minimum absolute atomic E-state index is 0.0814. The fourth-order valence-corrected chi connectivity index (χ4v) is 3.77. The molecule has 1 aromatic rings. The zero-order valence-electron chi connectivity index (χ0n) is 23.3. The summed E-state index contributed by atoms with van der Waals surface area (Å²) in [6.45, 7) is 8.69. The predicted molar refractivity (Wildman–Crippen MR) is 142 cm³/mol. The Morgan fingerprint density at radius 1 is 1.08 bits per heavy atom.